The second-order valence-electron chi connectivity index (χ2n) is 6.40. The van der Waals surface area contributed by atoms with Gasteiger partial charge in [0.15, 0.2) is 15.4 Å². The lowest BCUT2D eigenvalue weighted by atomic mass is 9.93. The van der Waals surface area contributed by atoms with Gasteiger partial charge in [0.25, 0.3) is 5.91 Å². The van der Waals surface area contributed by atoms with Crippen LogP contribution in [0.3, 0.4) is 0 Å². The van der Waals surface area contributed by atoms with Gasteiger partial charge in [0.1, 0.15) is 11.1 Å². The van der Waals surface area contributed by atoms with Gasteiger partial charge in [-0.25, -0.2) is 18.3 Å². The summed E-state index contributed by atoms with van der Waals surface area (Å²) in [6.45, 7) is 0.00946. The number of piperidine rings is 1. The average Bonchev–Trinajstić information content (AvgIpc) is 2.68. The first kappa shape index (κ1) is 19.4. The first-order chi connectivity index (χ1) is 12.8. The van der Waals surface area contributed by atoms with Crippen LogP contribution in [0, 0.1) is 5.82 Å². The summed E-state index contributed by atoms with van der Waals surface area (Å²) in [6, 6.07) is 11.7. The highest BCUT2D eigenvalue weighted by Gasteiger charge is 2.52. The number of hydrogen-bond acceptors (Lipinski definition) is 6. The van der Waals surface area contributed by atoms with Crippen LogP contribution in [-0.4, -0.2) is 48.6 Å². The highest BCUT2D eigenvalue weighted by atomic mass is 32.2. The standard InChI is InChI=1S/C18H19FN2O5S/c19-14-5-1-12(2-6-14)13-3-7-15(8-4-13)27(25,26)16-9-10-20-11-18(16,23)17(22)21-24/h1-8,16,20,23-24H,9-11H2,(H,21,22). The average molecular weight is 394 g/mol. The predicted octanol–water partition coefficient (Wildman–Crippen LogP) is 0.865. The number of benzene rings is 2. The fourth-order valence-corrected chi connectivity index (χ4v) is 5.22. The van der Waals surface area contributed by atoms with Gasteiger partial charge in [0.2, 0.25) is 0 Å². The van der Waals surface area contributed by atoms with Crippen LogP contribution in [0.5, 0.6) is 0 Å². The van der Waals surface area contributed by atoms with Crippen molar-refractivity contribution in [2.24, 2.45) is 0 Å². The molecule has 0 aliphatic carbocycles. The molecule has 2 atom stereocenters. The number of carbonyl (C=O) groups is 1. The number of nitrogens with one attached hydrogen (secondary N) is 2. The smallest absolute Gasteiger partial charge is 0.277 e. The van der Waals surface area contributed by atoms with E-state index in [2.05, 4.69) is 5.32 Å². The Kier molecular flexibility index (Phi) is 5.29. The van der Waals surface area contributed by atoms with Crippen molar-refractivity contribution in [3.05, 3.63) is 54.3 Å². The molecule has 9 heteroatoms. The lowest BCUT2D eigenvalue weighted by Crippen LogP contribution is -2.65. The summed E-state index contributed by atoms with van der Waals surface area (Å²) in [5.41, 5.74) is 0.467. The van der Waals surface area contributed by atoms with Gasteiger partial charge in [-0.15, -0.1) is 0 Å². The molecule has 3 rings (SSSR count). The highest BCUT2D eigenvalue weighted by molar-refractivity contribution is 7.92. The minimum Gasteiger partial charge on any atom is -0.377 e. The highest BCUT2D eigenvalue weighted by Crippen LogP contribution is 2.31. The van der Waals surface area contributed by atoms with Crippen molar-refractivity contribution >= 4 is 15.7 Å². The van der Waals surface area contributed by atoms with Gasteiger partial charge >= 0.3 is 0 Å². The van der Waals surface area contributed by atoms with Gasteiger partial charge in [0.05, 0.1) is 4.90 Å². The number of aliphatic hydroxyl groups is 1. The molecule has 144 valence electrons. The van der Waals surface area contributed by atoms with Crippen molar-refractivity contribution in [2.45, 2.75) is 22.2 Å². The number of amides is 1. The van der Waals surface area contributed by atoms with Crippen LogP contribution < -0.4 is 10.8 Å². The molecular weight excluding hydrogens is 375 g/mol. The first-order valence-electron chi connectivity index (χ1n) is 8.26. The van der Waals surface area contributed by atoms with Crippen LogP contribution >= 0.6 is 0 Å². The molecule has 1 heterocycles. The number of carbonyl (C=O) groups excluding carboxylic acids is 1. The summed E-state index contributed by atoms with van der Waals surface area (Å²) >= 11 is 0. The quantitative estimate of drug-likeness (QED) is 0.452. The van der Waals surface area contributed by atoms with E-state index >= 15 is 0 Å². The molecule has 1 amide bonds. The molecule has 4 N–H and O–H groups in total. The molecule has 0 spiro atoms. The summed E-state index contributed by atoms with van der Waals surface area (Å²) in [7, 11) is -4.05. The summed E-state index contributed by atoms with van der Waals surface area (Å²) < 4.78 is 39.1. The van der Waals surface area contributed by atoms with Gasteiger partial charge < -0.3 is 10.4 Å². The van der Waals surface area contributed by atoms with Crippen molar-refractivity contribution in [3.63, 3.8) is 0 Å². The Labute approximate surface area is 155 Å². The number of sulfone groups is 1. The van der Waals surface area contributed by atoms with Crippen LogP contribution in [0.4, 0.5) is 4.39 Å². The molecule has 2 unspecified atom stereocenters. The summed E-state index contributed by atoms with van der Waals surface area (Å²) in [4.78, 5) is 11.8. The van der Waals surface area contributed by atoms with Crippen molar-refractivity contribution in [1.82, 2.24) is 10.8 Å². The summed E-state index contributed by atoms with van der Waals surface area (Å²) in [5, 5.41) is 20.8. The van der Waals surface area contributed by atoms with Crippen LogP contribution in [0.25, 0.3) is 11.1 Å². The Hall–Kier alpha value is -2.33. The number of β-amino-alcohol motifs (C(OH)–C–C–N with tert-alkyl or cyclic N) is 1. The van der Waals surface area contributed by atoms with Gasteiger partial charge in [0, 0.05) is 6.54 Å². The SMILES string of the molecule is O=C(NO)C1(O)CNCCC1S(=O)(=O)c1ccc(-c2ccc(F)cc2)cc1. The molecule has 0 saturated carbocycles. The third kappa shape index (κ3) is 3.59. The van der Waals surface area contributed by atoms with Crippen molar-refractivity contribution in [3.8, 4) is 11.1 Å². The maximum Gasteiger partial charge on any atom is 0.277 e. The van der Waals surface area contributed by atoms with E-state index in [1.165, 1.54) is 29.7 Å². The molecule has 0 bridgehead atoms. The molecule has 27 heavy (non-hydrogen) atoms. The molecule has 1 aliphatic rings. The summed E-state index contributed by atoms with van der Waals surface area (Å²) in [6.07, 6.45) is 0.00592. The molecule has 0 aromatic heterocycles. The van der Waals surface area contributed by atoms with E-state index in [1.54, 1.807) is 24.3 Å². The zero-order valence-electron chi connectivity index (χ0n) is 14.2. The molecule has 0 radical (unpaired) electrons. The zero-order valence-corrected chi connectivity index (χ0v) is 15.0. The third-order valence-corrected chi connectivity index (χ3v) is 7.04. The fourth-order valence-electron chi connectivity index (χ4n) is 3.24. The molecule has 2 aromatic carbocycles. The van der Waals surface area contributed by atoms with Crippen LogP contribution in [0.15, 0.2) is 53.4 Å². The van der Waals surface area contributed by atoms with E-state index in [-0.39, 0.29) is 23.7 Å². The zero-order chi connectivity index (χ0) is 19.7. The van der Waals surface area contributed by atoms with Crippen LogP contribution in [0.2, 0.25) is 0 Å². The first-order valence-corrected chi connectivity index (χ1v) is 9.81. The van der Waals surface area contributed by atoms with Crippen LogP contribution in [-0.2, 0) is 14.6 Å². The number of hydroxylamine groups is 1. The Morgan fingerprint density at radius 1 is 1.11 bits per heavy atom. The molecule has 1 fully saturated rings. The van der Waals surface area contributed by atoms with Crippen molar-refractivity contribution in [2.75, 3.05) is 13.1 Å². The van der Waals surface area contributed by atoms with Crippen molar-refractivity contribution < 1.29 is 27.9 Å². The largest absolute Gasteiger partial charge is 0.377 e. The molecule has 1 saturated heterocycles. The maximum absolute atomic E-state index is 13.0. The Morgan fingerprint density at radius 3 is 2.22 bits per heavy atom. The molecular formula is C18H19FN2O5S. The van der Waals surface area contributed by atoms with E-state index < -0.39 is 26.6 Å². The van der Waals surface area contributed by atoms with Crippen LogP contribution in [0.1, 0.15) is 6.42 Å². The van der Waals surface area contributed by atoms with Gasteiger partial charge in [-0.2, -0.15) is 0 Å². The lowest BCUT2D eigenvalue weighted by Gasteiger charge is -2.37. The number of hydrogen-bond donors (Lipinski definition) is 4. The maximum atomic E-state index is 13.0. The third-order valence-electron chi connectivity index (χ3n) is 4.74. The van der Waals surface area contributed by atoms with E-state index in [1.807, 2.05) is 0 Å². The Balaban J connectivity index is 1.94. The van der Waals surface area contributed by atoms with Gasteiger partial charge in [-0.05, 0) is 48.4 Å². The van der Waals surface area contributed by atoms with E-state index in [9.17, 15) is 22.7 Å². The minimum atomic E-state index is -4.05. The fraction of sp³-hybridized carbons (Fsp3) is 0.278. The Bertz CT molecular complexity index is 931. The lowest BCUT2D eigenvalue weighted by molar-refractivity contribution is -0.149. The number of rotatable bonds is 4. The predicted molar refractivity (Wildman–Crippen MR) is 95.2 cm³/mol. The van der Waals surface area contributed by atoms with E-state index in [0.717, 1.165) is 5.56 Å². The number of halogens is 1. The van der Waals surface area contributed by atoms with E-state index in [4.69, 9.17) is 5.21 Å². The molecule has 1 aliphatic heterocycles. The topological polar surface area (TPSA) is 116 Å². The molecule has 7 nitrogen and oxygen atoms in total. The summed E-state index contributed by atoms with van der Waals surface area (Å²) in [5.74, 6) is -1.54. The van der Waals surface area contributed by atoms with Gasteiger partial charge in [-0.1, -0.05) is 24.3 Å². The monoisotopic (exact) mass is 394 g/mol. The molecule has 2 aromatic rings. The van der Waals surface area contributed by atoms with Crippen molar-refractivity contribution in [1.29, 1.82) is 0 Å². The van der Waals surface area contributed by atoms with Gasteiger partial charge in [-0.3, -0.25) is 10.0 Å². The minimum absolute atomic E-state index is 0.00592. The second-order valence-corrected chi connectivity index (χ2v) is 8.53. The normalized spacial score (nSPS) is 23.0. The second kappa shape index (κ2) is 7.35. The Morgan fingerprint density at radius 2 is 1.67 bits per heavy atom. The van der Waals surface area contributed by atoms with E-state index in [0.29, 0.717) is 12.1 Å².